The number of amides is 1. The second-order valence-corrected chi connectivity index (χ2v) is 4.20. The number of halogens is 3. The van der Waals surface area contributed by atoms with E-state index < -0.39 is 18.6 Å². The lowest BCUT2D eigenvalue weighted by Gasteiger charge is -2.11. The van der Waals surface area contributed by atoms with Crippen LogP contribution in [-0.2, 0) is 22.7 Å². The predicted molar refractivity (Wildman–Crippen MR) is 67.9 cm³/mol. The molecule has 0 aliphatic rings. The van der Waals surface area contributed by atoms with Crippen molar-refractivity contribution in [1.82, 2.24) is 10.6 Å². The number of carbonyl (C=O) groups is 1. The predicted octanol–water partition coefficient (Wildman–Crippen LogP) is 1.60. The maximum absolute atomic E-state index is 11.9. The van der Waals surface area contributed by atoms with Crippen LogP contribution in [0.15, 0.2) is 24.3 Å². The van der Waals surface area contributed by atoms with Crippen molar-refractivity contribution in [3.63, 3.8) is 0 Å². The van der Waals surface area contributed by atoms with Crippen LogP contribution in [0.5, 0.6) is 0 Å². The molecule has 0 radical (unpaired) electrons. The van der Waals surface area contributed by atoms with E-state index in [9.17, 15) is 18.0 Å². The number of hydrogen-bond donors (Lipinski definition) is 2. The monoisotopic (exact) mass is 290 g/mol. The Balaban J connectivity index is 2.37. The Labute approximate surface area is 115 Å². The highest BCUT2D eigenvalue weighted by molar-refractivity contribution is 5.78. The lowest BCUT2D eigenvalue weighted by atomic mass is 10.1. The topological polar surface area (TPSA) is 50.4 Å². The molecule has 1 aromatic rings. The summed E-state index contributed by atoms with van der Waals surface area (Å²) in [5.74, 6) is -0.485. The van der Waals surface area contributed by atoms with Crippen LogP contribution in [0.25, 0.3) is 0 Å². The first-order valence-corrected chi connectivity index (χ1v) is 6.02. The van der Waals surface area contributed by atoms with Crippen molar-refractivity contribution in [3.8, 4) is 0 Å². The molecular formula is C13H17F3N2O2. The van der Waals surface area contributed by atoms with E-state index in [1.165, 1.54) is 0 Å². The molecule has 20 heavy (non-hydrogen) atoms. The standard InChI is InChI=1S/C13H17F3N2O2/c1-20-8-11-5-3-2-4-10(11)6-18-12(19)7-17-9-13(14,15)16/h2-5,17H,6-9H2,1H3,(H,18,19). The molecule has 0 unspecified atom stereocenters. The van der Waals surface area contributed by atoms with E-state index in [0.29, 0.717) is 6.61 Å². The first-order chi connectivity index (χ1) is 9.42. The normalized spacial score (nSPS) is 11.4. The summed E-state index contributed by atoms with van der Waals surface area (Å²) in [7, 11) is 1.57. The van der Waals surface area contributed by atoms with Crippen LogP contribution in [0.4, 0.5) is 13.2 Å². The Morgan fingerprint density at radius 1 is 1.25 bits per heavy atom. The van der Waals surface area contributed by atoms with Crippen molar-refractivity contribution in [2.75, 3.05) is 20.2 Å². The van der Waals surface area contributed by atoms with E-state index in [4.69, 9.17) is 4.74 Å². The summed E-state index contributed by atoms with van der Waals surface area (Å²) >= 11 is 0. The van der Waals surface area contributed by atoms with Crippen LogP contribution in [0.2, 0.25) is 0 Å². The minimum atomic E-state index is -4.31. The fraction of sp³-hybridized carbons (Fsp3) is 0.462. The molecule has 0 saturated heterocycles. The number of rotatable bonds is 7. The number of nitrogens with one attached hydrogen (secondary N) is 2. The number of methoxy groups -OCH3 is 1. The number of carbonyl (C=O) groups excluding carboxylic acids is 1. The minimum absolute atomic E-state index is 0.256. The highest BCUT2D eigenvalue weighted by Gasteiger charge is 2.26. The van der Waals surface area contributed by atoms with Gasteiger partial charge in [-0.25, -0.2) is 0 Å². The average Bonchev–Trinajstić information content (AvgIpc) is 2.36. The molecule has 1 aromatic carbocycles. The number of alkyl halides is 3. The summed E-state index contributed by atoms with van der Waals surface area (Å²) in [6.07, 6.45) is -4.31. The number of benzene rings is 1. The smallest absolute Gasteiger partial charge is 0.380 e. The van der Waals surface area contributed by atoms with Gasteiger partial charge < -0.3 is 15.4 Å². The van der Waals surface area contributed by atoms with E-state index in [1.807, 2.05) is 29.6 Å². The lowest BCUT2D eigenvalue weighted by Crippen LogP contribution is -2.38. The van der Waals surface area contributed by atoms with Gasteiger partial charge in [0.25, 0.3) is 0 Å². The SMILES string of the molecule is COCc1ccccc1CNC(=O)CNCC(F)(F)F. The van der Waals surface area contributed by atoms with Crippen LogP contribution < -0.4 is 10.6 Å². The van der Waals surface area contributed by atoms with Crippen molar-refractivity contribution < 1.29 is 22.7 Å². The molecule has 0 heterocycles. The third-order valence-electron chi connectivity index (χ3n) is 2.51. The first-order valence-electron chi connectivity index (χ1n) is 6.02. The van der Waals surface area contributed by atoms with Crippen molar-refractivity contribution in [2.45, 2.75) is 19.3 Å². The molecule has 1 rings (SSSR count). The van der Waals surface area contributed by atoms with Crippen LogP contribution in [-0.4, -0.2) is 32.3 Å². The van der Waals surface area contributed by atoms with Crippen molar-refractivity contribution in [3.05, 3.63) is 35.4 Å². The molecule has 0 aliphatic heterocycles. The molecular weight excluding hydrogens is 273 g/mol. The van der Waals surface area contributed by atoms with Gasteiger partial charge in [-0.15, -0.1) is 0 Å². The average molecular weight is 290 g/mol. The van der Waals surface area contributed by atoms with Gasteiger partial charge in [0.1, 0.15) is 0 Å². The van der Waals surface area contributed by atoms with E-state index >= 15 is 0 Å². The summed E-state index contributed by atoms with van der Waals surface area (Å²) < 4.78 is 40.7. The maximum atomic E-state index is 11.9. The Morgan fingerprint density at radius 3 is 2.50 bits per heavy atom. The molecule has 0 aliphatic carbocycles. The van der Waals surface area contributed by atoms with Gasteiger partial charge in [0.05, 0.1) is 19.7 Å². The fourth-order valence-electron chi connectivity index (χ4n) is 1.60. The molecule has 0 bridgehead atoms. The van der Waals surface area contributed by atoms with Gasteiger partial charge in [0.2, 0.25) is 5.91 Å². The number of ether oxygens (including phenoxy) is 1. The third kappa shape index (κ3) is 6.53. The molecule has 1 amide bonds. The zero-order valence-electron chi connectivity index (χ0n) is 11.1. The molecule has 0 aromatic heterocycles. The minimum Gasteiger partial charge on any atom is -0.380 e. The zero-order chi connectivity index (χ0) is 15.0. The molecule has 2 N–H and O–H groups in total. The Bertz CT molecular complexity index is 436. The lowest BCUT2D eigenvalue weighted by molar-refractivity contribution is -0.128. The highest BCUT2D eigenvalue weighted by atomic mass is 19.4. The van der Waals surface area contributed by atoms with E-state index in [1.54, 1.807) is 7.11 Å². The van der Waals surface area contributed by atoms with Crippen LogP contribution in [0, 0.1) is 0 Å². The summed E-state index contributed by atoms with van der Waals surface area (Å²) in [6, 6.07) is 7.37. The molecule has 0 saturated carbocycles. The molecule has 112 valence electrons. The van der Waals surface area contributed by atoms with Gasteiger partial charge in [-0.3, -0.25) is 4.79 Å². The quantitative estimate of drug-likeness (QED) is 0.802. The van der Waals surface area contributed by atoms with Crippen molar-refractivity contribution >= 4 is 5.91 Å². The molecule has 0 atom stereocenters. The second kappa shape index (κ2) is 7.86. The van der Waals surface area contributed by atoms with Gasteiger partial charge >= 0.3 is 6.18 Å². The zero-order valence-corrected chi connectivity index (χ0v) is 11.1. The fourth-order valence-corrected chi connectivity index (χ4v) is 1.60. The molecule has 7 heteroatoms. The van der Waals surface area contributed by atoms with E-state index in [2.05, 4.69) is 5.32 Å². The second-order valence-electron chi connectivity index (χ2n) is 4.20. The van der Waals surface area contributed by atoms with E-state index in [0.717, 1.165) is 11.1 Å². The first kappa shape index (κ1) is 16.5. The van der Waals surface area contributed by atoms with Gasteiger partial charge in [-0.1, -0.05) is 24.3 Å². The van der Waals surface area contributed by atoms with Gasteiger partial charge in [0, 0.05) is 13.7 Å². The van der Waals surface area contributed by atoms with Gasteiger partial charge in [-0.2, -0.15) is 13.2 Å². The Hall–Kier alpha value is -1.60. The Morgan fingerprint density at radius 2 is 1.90 bits per heavy atom. The molecule has 4 nitrogen and oxygen atoms in total. The summed E-state index contributed by atoms with van der Waals surface area (Å²) in [5.41, 5.74) is 1.80. The van der Waals surface area contributed by atoms with Crippen LogP contribution in [0.1, 0.15) is 11.1 Å². The number of hydrogen-bond acceptors (Lipinski definition) is 3. The van der Waals surface area contributed by atoms with Crippen molar-refractivity contribution in [2.24, 2.45) is 0 Å². The molecule has 0 fully saturated rings. The van der Waals surface area contributed by atoms with Crippen LogP contribution in [0.3, 0.4) is 0 Å². The highest BCUT2D eigenvalue weighted by Crippen LogP contribution is 2.12. The van der Waals surface area contributed by atoms with Crippen molar-refractivity contribution in [1.29, 1.82) is 0 Å². The van der Waals surface area contributed by atoms with Gasteiger partial charge in [0.15, 0.2) is 0 Å². The largest absolute Gasteiger partial charge is 0.401 e. The van der Waals surface area contributed by atoms with E-state index in [-0.39, 0.29) is 13.1 Å². The van der Waals surface area contributed by atoms with Gasteiger partial charge in [-0.05, 0) is 11.1 Å². The summed E-state index contributed by atoms with van der Waals surface area (Å²) in [5, 5.41) is 4.60. The van der Waals surface area contributed by atoms with Crippen LogP contribution >= 0.6 is 0 Å². The third-order valence-corrected chi connectivity index (χ3v) is 2.51. The maximum Gasteiger partial charge on any atom is 0.401 e. The molecule has 0 spiro atoms. The Kier molecular flexibility index (Phi) is 6.47. The summed E-state index contributed by atoms with van der Waals surface area (Å²) in [4.78, 5) is 11.4. The summed E-state index contributed by atoms with van der Waals surface area (Å²) in [6.45, 7) is -0.878.